The number of sulfone groups is 1. The molecule has 2 amide bonds. The van der Waals surface area contributed by atoms with Gasteiger partial charge in [0.05, 0.1) is 23.6 Å². The van der Waals surface area contributed by atoms with E-state index >= 15 is 0 Å². The fourth-order valence-electron chi connectivity index (χ4n) is 4.07. The van der Waals surface area contributed by atoms with Crippen molar-refractivity contribution in [1.29, 1.82) is 0 Å². The van der Waals surface area contributed by atoms with Crippen LogP contribution < -0.4 is 16.0 Å². The summed E-state index contributed by atoms with van der Waals surface area (Å²) in [5.41, 5.74) is 8.17. The van der Waals surface area contributed by atoms with Gasteiger partial charge in [0.25, 0.3) is 0 Å². The molecular formula is C25H24N6O4S. The highest BCUT2D eigenvalue weighted by Gasteiger charge is 2.19. The van der Waals surface area contributed by atoms with Crippen LogP contribution in [0.15, 0.2) is 65.7 Å². The zero-order valence-electron chi connectivity index (χ0n) is 19.5. The van der Waals surface area contributed by atoms with Crippen LogP contribution in [0, 0.1) is 0 Å². The third kappa shape index (κ3) is 4.97. The van der Waals surface area contributed by atoms with Gasteiger partial charge in [-0.05, 0) is 47.5 Å². The van der Waals surface area contributed by atoms with E-state index in [0.29, 0.717) is 49.0 Å². The first-order chi connectivity index (χ1) is 17.3. The maximum absolute atomic E-state index is 12.1. The van der Waals surface area contributed by atoms with E-state index in [1.165, 1.54) is 6.26 Å². The Kier molecular flexibility index (Phi) is 6.25. The summed E-state index contributed by atoms with van der Waals surface area (Å²) in [5.74, 6) is 1.59. The second-order valence-electron chi connectivity index (χ2n) is 8.42. The lowest BCUT2D eigenvalue weighted by atomic mass is 10.0. The predicted molar refractivity (Wildman–Crippen MR) is 138 cm³/mol. The highest BCUT2D eigenvalue weighted by molar-refractivity contribution is 7.90. The maximum Gasteiger partial charge on any atom is 0.317 e. The number of rotatable bonds is 5. The zero-order valence-corrected chi connectivity index (χ0v) is 20.3. The van der Waals surface area contributed by atoms with Crippen LogP contribution in [0.4, 0.5) is 16.4 Å². The number of pyridine rings is 1. The molecule has 2 aromatic heterocycles. The van der Waals surface area contributed by atoms with E-state index in [1.54, 1.807) is 36.5 Å². The van der Waals surface area contributed by atoms with Crippen LogP contribution in [-0.2, 0) is 14.6 Å². The molecule has 11 heteroatoms. The number of amides is 2. The number of urea groups is 1. The van der Waals surface area contributed by atoms with E-state index in [2.05, 4.69) is 15.2 Å². The average Bonchev–Trinajstić information content (AvgIpc) is 2.88. The molecule has 0 atom stereocenters. The monoisotopic (exact) mass is 504 g/mol. The molecule has 1 aliphatic heterocycles. The second-order valence-corrected chi connectivity index (χ2v) is 10.4. The molecule has 0 spiro atoms. The third-order valence-corrected chi connectivity index (χ3v) is 6.97. The Bertz CT molecular complexity index is 1550. The number of nitrogens with zero attached hydrogens (tertiary/aromatic N) is 4. The minimum absolute atomic E-state index is 0.258. The zero-order chi connectivity index (χ0) is 25.3. The first kappa shape index (κ1) is 23.6. The van der Waals surface area contributed by atoms with Crippen LogP contribution in [0.3, 0.4) is 0 Å². The smallest absolute Gasteiger partial charge is 0.317 e. The third-order valence-electron chi connectivity index (χ3n) is 5.86. The summed E-state index contributed by atoms with van der Waals surface area (Å²) in [6, 6.07) is 15.4. The van der Waals surface area contributed by atoms with E-state index in [0.717, 1.165) is 22.3 Å². The highest BCUT2D eigenvalue weighted by Crippen LogP contribution is 2.32. The van der Waals surface area contributed by atoms with Crippen LogP contribution in [0.25, 0.3) is 33.4 Å². The number of hydrogen-bond donors (Lipinski definition) is 2. The summed E-state index contributed by atoms with van der Waals surface area (Å²) in [6.45, 7) is 2.60. The van der Waals surface area contributed by atoms with Gasteiger partial charge < -0.3 is 15.4 Å². The fraction of sp³-hybridized carbons (Fsp3) is 0.200. The van der Waals surface area contributed by atoms with E-state index in [4.69, 9.17) is 20.4 Å². The van der Waals surface area contributed by atoms with Gasteiger partial charge in [0.15, 0.2) is 15.7 Å². The topological polar surface area (TPSA) is 140 Å². The summed E-state index contributed by atoms with van der Waals surface area (Å²) in [6.07, 6.45) is 2.77. The number of anilines is 2. The van der Waals surface area contributed by atoms with Gasteiger partial charge >= 0.3 is 6.03 Å². The first-order valence-electron chi connectivity index (χ1n) is 11.3. The van der Waals surface area contributed by atoms with Crippen molar-refractivity contribution in [2.75, 3.05) is 42.8 Å². The number of hydrogen-bond acceptors (Lipinski definition) is 8. The fourth-order valence-corrected chi connectivity index (χ4v) is 4.74. The van der Waals surface area contributed by atoms with Crippen molar-refractivity contribution in [3.63, 3.8) is 0 Å². The van der Waals surface area contributed by atoms with Crippen molar-refractivity contribution in [1.82, 2.24) is 15.0 Å². The lowest BCUT2D eigenvalue weighted by Crippen LogP contribution is -2.37. The SMILES string of the molecule is CS(=O)(=O)c1cccc(-c2ccc3c(N4CCOCC4)nc(-c4ccc(NC(N)=O)nc4)nc3c2)c1. The molecule has 3 N–H and O–H groups in total. The van der Waals surface area contributed by atoms with Gasteiger partial charge in [-0.25, -0.2) is 28.2 Å². The molecule has 2 aromatic carbocycles. The highest BCUT2D eigenvalue weighted by atomic mass is 32.2. The lowest BCUT2D eigenvalue weighted by molar-refractivity contribution is 0.122. The largest absolute Gasteiger partial charge is 0.378 e. The molecule has 0 unspecified atom stereocenters. The molecule has 1 saturated heterocycles. The standard InChI is InChI=1S/C25H24N6O4S/c1-36(33,34)19-4-2-3-16(13-19)17-5-7-20-21(14-17)28-23(30-24(20)31-9-11-35-12-10-31)18-6-8-22(27-15-18)29-25(26)32/h2-8,13-15H,9-12H2,1H3,(H3,26,27,29,32). The molecule has 36 heavy (non-hydrogen) atoms. The van der Waals surface area contributed by atoms with Gasteiger partial charge in [-0.3, -0.25) is 5.32 Å². The van der Waals surface area contributed by atoms with Gasteiger partial charge in [0.2, 0.25) is 0 Å². The molecule has 5 rings (SSSR count). The molecule has 0 bridgehead atoms. The summed E-state index contributed by atoms with van der Waals surface area (Å²) < 4.78 is 29.6. The number of nitrogens with two attached hydrogens (primary N) is 1. The quantitative estimate of drug-likeness (QED) is 0.422. The number of benzene rings is 2. The van der Waals surface area contributed by atoms with Gasteiger partial charge in [-0.1, -0.05) is 18.2 Å². The number of nitrogens with one attached hydrogen (secondary N) is 1. The van der Waals surface area contributed by atoms with E-state index in [1.807, 2.05) is 24.3 Å². The summed E-state index contributed by atoms with van der Waals surface area (Å²) in [7, 11) is -3.34. The molecule has 0 saturated carbocycles. The summed E-state index contributed by atoms with van der Waals surface area (Å²) in [4.78, 5) is 27.4. The van der Waals surface area contributed by atoms with Crippen LogP contribution in [0.1, 0.15) is 0 Å². The summed E-state index contributed by atoms with van der Waals surface area (Å²) in [5, 5.41) is 3.32. The van der Waals surface area contributed by atoms with Crippen molar-refractivity contribution in [2.24, 2.45) is 5.73 Å². The molecule has 10 nitrogen and oxygen atoms in total. The molecule has 1 aliphatic rings. The second kappa shape index (κ2) is 9.51. The normalized spacial score (nSPS) is 14.1. The molecule has 0 aliphatic carbocycles. The number of primary amides is 1. The predicted octanol–water partition coefficient (Wildman–Crippen LogP) is 3.09. The number of carbonyl (C=O) groups excluding carboxylic acids is 1. The van der Waals surface area contributed by atoms with Crippen molar-refractivity contribution < 1.29 is 17.9 Å². The lowest BCUT2D eigenvalue weighted by Gasteiger charge is -2.29. The Hall–Kier alpha value is -4.09. The average molecular weight is 505 g/mol. The number of aromatic nitrogens is 3. The minimum atomic E-state index is -3.34. The van der Waals surface area contributed by atoms with E-state index in [9.17, 15) is 13.2 Å². The minimum Gasteiger partial charge on any atom is -0.378 e. The Balaban J connectivity index is 1.63. The molecule has 184 valence electrons. The van der Waals surface area contributed by atoms with E-state index in [-0.39, 0.29) is 4.90 Å². The van der Waals surface area contributed by atoms with Crippen molar-refractivity contribution in [3.05, 3.63) is 60.8 Å². The molecule has 0 radical (unpaired) electrons. The molecule has 1 fully saturated rings. The maximum atomic E-state index is 12.1. The van der Waals surface area contributed by atoms with Crippen LogP contribution in [-0.4, -0.2) is 62.0 Å². The van der Waals surface area contributed by atoms with Crippen LogP contribution in [0.5, 0.6) is 0 Å². The Morgan fingerprint density at radius 3 is 2.44 bits per heavy atom. The van der Waals surface area contributed by atoms with Gasteiger partial charge in [-0.15, -0.1) is 0 Å². The van der Waals surface area contributed by atoms with Gasteiger partial charge in [0, 0.05) is 36.5 Å². The Labute approximate surface area is 208 Å². The van der Waals surface area contributed by atoms with Gasteiger partial charge in [0.1, 0.15) is 11.6 Å². The molecule has 3 heterocycles. The van der Waals surface area contributed by atoms with Crippen molar-refractivity contribution in [2.45, 2.75) is 4.90 Å². The van der Waals surface area contributed by atoms with Crippen molar-refractivity contribution in [3.8, 4) is 22.5 Å². The van der Waals surface area contributed by atoms with Crippen LogP contribution >= 0.6 is 0 Å². The van der Waals surface area contributed by atoms with E-state index < -0.39 is 15.9 Å². The first-order valence-corrected chi connectivity index (χ1v) is 13.1. The number of morpholine rings is 1. The van der Waals surface area contributed by atoms with Gasteiger partial charge in [-0.2, -0.15) is 0 Å². The Morgan fingerprint density at radius 2 is 1.75 bits per heavy atom. The van der Waals surface area contributed by atoms with Crippen molar-refractivity contribution >= 4 is 38.4 Å². The number of ether oxygens (including phenoxy) is 1. The van der Waals surface area contributed by atoms with Crippen LogP contribution in [0.2, 0.25) is 0 Å². The summed E-state index contributed by atoms with van der Waals surface area (Å²) >= 11 is 0. The number of carbonyl (C=O) groups is 1. The molecular weight excluding hydrogens is 480 g/mol. The number of fused-ring (bicyclic) bond motifs is 1. The Morgan fingerprint density at radius 1 is 1.00 bits per heavy atom. The molecule has 4 aromatic rings.